The Bertz CT molecular complexity index is 393. The van der Waals surface area contributed by atoms with Crippen molar-refractivity contribution in [3.05, 3.63) is 23.8 Å². The molecule has 5 N–H and O–H groups in total. The van der Waals surface area contributed by atoms with Gasteiger partial charge in [0.05, 0.1) is 0 Å². The van der Waals surface area contributed by atoms with E-state index in [1.54, 1.807) is 0 Å². The molecule has 0 aliphatic heterocycles. The van der Waals surface area contributed by atoms with E-state index in [1.807, 2.05) is 13.8 Å². The molecule has 0 fully saturated rings. The average molecular weight is 271 g/mol. The molecule has 6 nitrogen and oxygen atoms in total. The van der Waals surface area contributed by atoms with Crippen LogP contribution in [0.5, 0.6) is 11.5 Å². The van der Waals surface area contributed by atoms with Crippen LogP contribution < -0.4 is 5.73 Å². The molecule has 0 unspecified atom stereocenters. The molecule has 0 aliphatic rings. The third-order valence-corrected chi connectivity index (χ3v) is 2.22. The first-order chi connectivity index (χ1) is 8.92. The van der Waals surface area contributed by atoms with Crippen LogP contribution in [0.15, 0.2) is 18.2 Å². The Morgan fingerprint density at radius 2 is 1.84 bits per heavy atom. The van der Waals surface area contributed by atoms with Gasteiger partial charge in [-0.2, -0.15) is 0 Å². The van der Waals surface area contributed by atoms with Crippen molar-refractivity contribution in [3.8, 4) is 11.5 Å². The zero-order chi connectivity index (χ0) is 14.8. The number of aromatic hydroxyl groups is 2. The average Bonchev–Trinajstić information content (AvgIpc) is 2.35. The fourth-order valence-corrected chi connectivity index (χ4v) is 1.24. The van der Waals surface area contributed by atoms with E-state index in [2.05, 4.69) is 0 Å². The SMILES string of the molecule is CCOCC.N[C@@H](Cc1ccc(O)c(O)c1)C(=O)O. The molecule has 1 aromatic rings. The minimum atomic E-state index is -1.10. The Balaban J connectivity index is 0.000000555. The molecule has 108 valence electrons. The highest BCUT2D eigenvalue weighted by Crippen LogP contribution is 2.25. The lowest BCUT2D eigenvalue weighted by Crippen LogP contribution is -2.32. The van der Waals surface area contributed by atoms with E-state index in [-0.39, 0.29) is 17.9 Å². The summed E-state index contributed by atoms with van der Waals surface area (Å²) in [5.74, 6) is -1.62. The van der Waals surface area contributed by atoms with Crippen LogP contribution in [0.2, 0.25) is 0 Å². The number of aliphatic carboxylic acids is 1. The van der Waals surface area contributed by atoms with Gasteiger partial charge in [0.25, 0.3) is 0 Å². The summed E-state index contributed by atoms with van der Waals surface area (Å²) in [5.41, 5.74) is 5.86. The summed E-state index contributed by atoms with van der Waals surface area (Å²) in [5, 5.41) is 26.6. The van der Waals surface area contributed by atoms with Crippen LogP contribution >= 0.6 is 0 Å². The summed E-state index contributed by atoms with van der Waals surface area (Å²) in [6.07, 6.45) is 0.114. The van der Waals surface area contributed by atoms with Gasteiger partial charge in [-0.1, -0.05) is 6.07 Å². The van der Waals surface area contributed by atoms with Gasteiger partial charge in [0.1, 0.15) is 6.04 Å². The minimum Gasteiger partial charge on any atom is -0.504 e. The molecule has 0 radical (unpaired) electrons. The smallest absolute Gasteiger partial charge is 0.320 e. The molecule has 0 spiro atoms. The summed E-state index contributed by atoms with van der Waals surface area (Å²) >= 11 is 0. The van der Waals surface area contributed by atoms with Crippen LogP contribution in [0.4, 0.5) is 0 Å². The standard InChI is InChI=1S/C9H11NO4.C4H10O/c10-6(9(13)14)3-5-1-2-7(11)8(12)4-5;1-3-5-4-2/h1-2,4,6,11-12H,3,10H2,(H,13,14);3-4H2,1-2H3/t6-;/m0./s1. The quantitative estimate of drug-likeness (QED) is 0.596. The Morgan fingerprint density at radius 1 is 1.26 bits per heavy atom. The van der Waals surface area contributed by atoms with E-state index in [0.29, 0.717) is 5.56 Å². The minimum absolute atomic E-state index is 0.114. The number of carboxylic acids is 1. The van der Waals surface area contributed by atoms with Crippen LogP contribution in [0.25, 0.3) is 0 Å². The Labute approximate surface area is 112 Å². The normalized spacial score (nSPS) is 11.3. The first-order valence-corrected chi connectivity index (χ1v) is 5.99. The molecule has 0 aliphatic carbocycles. The predicted molar refractivity (Wildman–Crippen MR) is 71.3 cm³/mol. The lowest BCUT2D eigenvalue weighted by Gasteiger charge is -2.06. The van der Waals surface area contributed by atoms with Crippen LogP contribution in [0, 0.1) is 0 Å². The number of rotatable bonds is 5. The number of phenols is 2. The van der Waals surface area contributed by atoms with Gasteiger partial charge in [0.15, 0.2) is 11.5 Å². The third kappa shape index (κ3) is 7.28. The van der Waals surface area contributed by atoms with Gasteiger partial charge in [-0.3, -0.25) is 4.79 Å². The first kappa shape index (κ1) is 17.2. The predicted octanol–water partition coefficient (Wildman–Crippen LogP) is 1.09. The van der Waals surface area contributed by atoms with Crippen molar-refractivity contribution in [2.45, 2.75) is 26.3 Å². The molecule has 0 heterocycles. The molecule has 0 saturated heterocycles. The molecule has 0 bridgehead atoms. The van der Waals surface area contributed by atoms with E-state index < -0.39 is 12.0 Å². The third-order valence-electron chi connectivity index (χ3n) is 2.22. The van der Waals surface area contributed by atoms with Gasteiger partial charge >= 0.3 is 5.97 Å². The second-order valence-electron chi connectivity index (χ2n) is 3.75. The summed E-state index contributed by atoms with van der Waals surface area (Å²) in [6, 6.07) is 3.09. The molecule has 1 atom stereocenters. The molecular weight excluding hydrogens is 250 g/mol. The molecule has 0 saturated carbocycles. The second kappa shape index (κ2) is 9.18. The number of nitrogens with two attached hydrogens (primary N) is 1. The number of hydrogen-bond acceptors (Lipinski definition) is 5. The van der Waals surface area contributed by atoms with Crippen LogP contribution in [0.1, 0.15) is 19.4 Å². The van der Waals surface area contributed by atoms with Crippen molar-refractivity contribution in [3.63, 3.8) is 0 Å². The topological polar surface area (TPSA) is 113 Å². The summed E-state index contributed by atoms with van der Waals surface area (Å²) < 4.78 is 4.83. The lowest BCUT2D eigenvalue weighted by atomic mass is 10.1. The van der Waals surface area contributed by atoms with Gasteiger partial charge in [0.2, 0.25) is 0 Å². The van der Waals surface area contributed by atoms with E-state index in [0.717, 1.165) is 13.2 Å². The van der Waals surface area contributed by atoms with E-state index in [1.165, 1.54) is 18.2 Å². The fourth-order valence-electron chi connectivity index (χ4n) is 1.24. The van der Waals surface area contributed by atoms with E-state index >= 15 is 0 Å². The van der Waals surface area contributed by atoms with Gasteiger partial charge in [-0.15, -0.1) is 0 Å². The molecule has 19 heavy (non-hydrogen) atoms. The highest BCUT2D eigenvalue weighted by atomic mass is 16.5. The van der Waals surface area contributed by atoms with Crippen LogP contribution in [0.3, 0.4) is 0 Å². The summed E-state index contributed by atoms with van der Waals surface area (Å²) in [4.78, 5) is 10.4. The Hall–Kier alpha value is -1.79. The second-order valence-corrected chi connectivity index (χ2v) is 3.75. The number of carbonyl (C=O) groups is 1. The maximum absolute atomic E-state index is 10.4. The molecule has 6 heteroatoms. The summed E-state index contributed by atoms with van der Waals surface area (Å²) in [7, 11) is 0. The van der Waals surface area contributed by atoms with Crippen molar-refractivity contribution in [2.75, 3.05) is 13.2 Å². The van der Waals surface area contributed by atoms with Crippen molar-refractivity contribution >= 4 is 5.97 Å². The van der Waals surface area contributed by atoms with Crippen LogP contribution in [-0.4, -0.2) is 40.5 Å². The van der Waals surface area contributed by atoms with Crippen molar-refractivity contribution < 1.29 is 24.9 Å². The van der Waals surface area contributed by atoms with Gasteiger partial charge in [-0.05, 0) is 38.0 Å². The number of phenolic OH excluding ortho intramolecular Hbond substituents is 2. The lowest BCUT2D eigenvalue weighted by molar-refractivity contribution is -0.138. The number of ether oxygens (including phenoxy) is 1. The molecule has 0 aromatic heterocycles. The first-order valence-electron chi connectivity index (χ1n) is 5.99. The van der Waals surface area contributed by atoms with E-state index in [4.69, 9.17) is 25.8 Å². The fraction of sp³-hybridized carbons (Fsp3) is 0.462. The zero-order valence-corrected chi connectivity index (χ0v) is 11.2. The van der Waals surface area contributed by atoms with Crippen molar-refractivity contribution in [2.24, 2.45) is 5.73 Å². The van der Waals surface area contributed by atoms with Gasteiger partial charge in [0, 0.05) is 13.2 Å². The van der Waals surface area contributed by atoms with Crippen LogP contribution in [-0.2, 0) is 16.0 Å². The highest BCUT2D eigenvalue weighted by molar-refractivity contribution is 5.73. The van der Waals surface area contributed by atoms with Gasteiger partial charge < -0.3 is 25.8 Å². The van der Waals surface area contributed by atoms with Crippen molar-refractivity contribution in [1.29, 1.82) is 0 Å². The number of benzene rings is 1. The largest absolute Gasteiger partial charge is 0.504 e. The maximum atomic E-state index is 10.4. The Morgan fingerprint density at radius 3 is 2.21 bits per heavy atom. The Kier molecular flexibility index (Phi) is 8.32. The highest BCUT2D eigenvalue weighted by Gasteiger charge is 2.12. The molecule has 1 aromatic carbocycles. The van der Waals surface area contributed by atoms with E-state index in [9.17, 15) is 4.79 Å². The zero-order valence-electron chi connectivity index (χ0n) is 11.2. The van der Waals surface area contributed by atoms with Crippen molar-refractivity contribution in [1.82, 2.24) is 0 Å². The molecule has 1 rings (SSSR count). The monoisotopic (exact) mass is 271 g/mol. The molecule has 0 amide bonds. The summed E-state index contributed by atoms with van der Waals surface area (Å²) in [6.45, 7) is 5.67. The van der Waals surface area contributed by atoms with Gasteiger partial charge in [-0.25, -0.2) is 0 Å². The number of carboxylic acid groups (broad SMARTS) is 1. The number of hydrogen-bond donors (Lipinski definition) is 4. The molecular formula is C13H21NO5. The maximum Gasteiger partial charge on any atom is 0.320 e.